The normalized spacial score (nSPS) is 12.1. The summed E-state index contributed by atoms with van der Waals surface area (Å²) in [6, 6.07) is 15.1. The minimum absolute atomic E-state index is 0.147. The lowest BCUT2D eigenvalue weighted by molar-refractivity contribution is -0.387. The van der Waals surface area contributed by atoms with Crippen LogP contribution in [-0.4, -0.2) is 11.5 Å². The van der Waals surface area contributed by atoms with Crippen LogP contribution in [0.3, 0.4) is 0 Å². The van der Waals surface area contributed by atoms with Gasteiger partial charge in [0.05, 0.1) is 9.82 Å². The van der Waals surface area contributed by atoms with Crippen molar-refractivity contribution in [2.24, 2.45) is 0 Å². The van der Waals surface area contributed by atoms with Crippen LogP contribution in [0.25, 0.3) is 0 Å². The molecule has 0 saturated heterocycles. The van der Waals surface area contributed by atoms with Crippen molar-refractivity contribution in [3.05, 3.63) is 64.2 Å². The molecule has 0 aliphatic heterocycles. The minimum atomic E-state index is -0.335. The van der Waals surface area contributed by atoms with Crippen molar-refractivity contribution in [3.8, 4) is 0 Å². The van der Waals surface area contributed by atoms with Crippen LogP contribution >= 0.6 is 11.8 Å². The van der Waals surface area contributed by atoms with Crippen LogP contribution in [0.1, 0.15) is 25.5 Å². The fourth-order valence-corrected chi connectivity index (χ4v) is 3.30. The average Bonchev–Trinajstić information content (AvgIpc) is 2.48. The Morgan fingerprint density at radius 3 is 2.43 bits per heavy atom. The summed E-state index contributed by atoms with van der Waals surface area (Å²) in [5.74, 6) is 0. The van der Waals surface area contributed by atoms with Gasteiger partial charge in [-0.2, -0.15) is 0 Å². The summed E-state index contributed by atoms with van der Waals surface area (Å²) in [6.07, 6.45) is 0. The Bertz CT molecular complexity index is 631. The van der Waals surface area contributed by atoms with Crippen LogP contribution in [0.5, 0.6) is 0 Å². The Balaban J connectivity index is 2.34. The molecule has 0 spiro atoms. The number of nitrogens with one attached hydrogen (secondary N) is 1. The Labute approximate surface area is 128 Å². The van der Waals surface area contributed by atoms with Crippen LogP contribution in [0.2, 0.25) is 0 Å². The Hall–Kier alpha value is -1.85. The number of nitro groups is 1. The van der Waals surface area contributed by atoms with Gasteiger partial charge in [-0.15, -0.1) is 0 Å². The first-order valence-electron chi connectivity index (χ1n) is 6.87. The third kappa shape index (κ3) is 3.83. The van der Waals surface area contributed by atoms with Gasteiger partial charge in [-0.05, 0) is 31.2 Å². The summed E-state index contributed by atoms with van der Waals surface area (Å²) < 4.78 is 0. The largest absolute Gasteiger partial charge is 0.310 e. The summed E-state index contributed by atoms with van der Waals surface area (Å²) in [4.78, 5) is 12.5. The Morgan fingerprint density at radius 1 is 1.14 bits per heavy atom. The van der Waals surface area contributed by atoms with Gasteiger partial charge in [-0.1, -0.05) is 49.0 Å². The zero-order valence-corrected chi connectivity index (χ0v) is 12.9. The standard InChI is InChI=1S/C16H18N2O2S/c1-3-17-12(2)13-8-4-6-10-15(13)21-16-11-7-5-9-14(16)18(19)20/h4-12,17H,3H2,1-2H3. The molecule has 5 heteroatoms. The second-order valence-corrected chi connectivity index (χ2v) is 5.73. The molecule has 0 bridgehead atoms. The van der Waals surface area contributed by atoms with E-state index in [1.807, 2.05) is 24.3 Å². The van der Waals surface area contributed by atoms with E-state index in [2.05, 4.69) is 25.2 Å². The average molecular weight is 302 g/mol. The first-order chi connectivity index (χ1) is 10.1. The van der Waals surface area contributed by atoms with Crippen LogP contribution in [0.15, 0.2) is 58.3 Å². The summed E-state index contributed by atoms with van der Waals surface area (Å²) >= 11 is 1.44. The highest BCUT2D eigenvalue weighted by atomic mass is 32.2. The Morgan fingerprint density at radius 2 is 1.76 bits per heavy atom. The second-order valence-electron chi connectivity index (χ2n) is 4.64. The number of rotatable bonds is 6. The van der Waals surface area contributed by atoms with Crippen molar-refractivity contribution in [3.63, 3.8) is 0 Å². The maximum atomic E-state index is 11.1. The lowest BCUT2D eigenvalue weighted by Crippen LogP contribution is -2.18. The van der Waals surface area contributed by atoms with Gasteiger partial charge in [-0.25, -0.2) is 0 Å². The summed E-state index contributed by atoms with van der Waals surface area (Å²) in [6.45, 7) is 5.04. The van der Waals surface area contributed by atoms with Crippen molar-refractivity contribution < 1.29 is 4.92 Å². The van der Waals surface area contributed by atoms with Gasteiger partial charge in [0, 0.05) is 17.0 Å². The predicted octanol–water partition coefficient (Wildman–Crippen LogP) is 4.42. The van der Waals surface area contributed by atoms with Gasteiger partial charge in [0.25, 0.3) is 5.69 Å². The molecule has 1 unspecified atom stereocenters. The molecule has 0 saturated carbocycles. The van der Waals surface area contributed by atoms with E-state index in [0.717, 1.165) is 17.0 Å². The number of para-hydroxylation sites is 1. The molecular formula is C16H18N2O2S. The zero-order valence-electron chi connectivity index (χ0n) is 12.1. The first-order valence-corrected chi connectivity index (χ1v) is 7.68. The number of hydrogen-bond acceptors (Lipinski definition) is 4. The van der Waals surface area contributed by atoms with E-state index < -0.39 is 0 Å². The number of hydrogen-bond donors (Lipinski definition) is 1. The fourth-order valence-electron chi connectivity index (χ4n) is 2.16. The molecule has 1 atom stereocenters. The first kappa shape index (κ1) is 15.5. The maximum absolute atomic E-state index is 11.1. The third-order valence-electron chi connectivity index (χ3n) is 3.18. The fraction of sp³-hybridized carbons (Fsp3) is 0.250. The van der Waals surface area contributed by atoms with E-state index in [9.17, 15) is 10.1 Å². The van der Waals surface area contributed by atoms with Gasteiger partial charge in [0.15, 0.2) is 0 Å². The molecule has 2 aromatic rings. The van der Waals surface area contributed by atoms with E-state index >= 15 is 0 Å². The van der Waals surface area contributed by atoms with E-state index in [4.69, 9.17) is 0 Å². The van der Waals surface area contributed by atoms with E-state index in [1.165, 1.54) is 11.8 Å². The maximum Gasteiger partial charge on any atom is 0.283 e. The van der Waals surface area contributed by atoms with Crippen molar-refractivity contribution in [1.82, 2.24) is 5.32 Å². The second kappa shape index (κ2) is 7.24. The summed E-state index contributed by atoms with van der Waals surface area (Å²) in [5.41, 5.74) is 1.30. The van der Waals surface area contributed by atoms with E-state index in [-0.39, 0.29) is 16.7 Å². The van der Waals surface area contributed by atoms with Crippen molar-refractivity contribution >= 4 is 17.4 Å². The molecule has 1 N–H and O–H groups in total. The highest BCUT2D eigenvalue weighted by Gasteiger charge is 2.16. The van der Waals surface area contributed by atoms with Gasteiger partial charge in [0.2, 0.25) is 0 Å². The molecular weight excluding hydrogens is 284 g/mol. The molecule has 0 amide bonds. The highest BCUT2D eigenvalue weighted by Crippen LogP contribution is 2.37. The topological polar surface area (TPSA) is 55.2 Å². The molecule has 110 valence electrons. The Kier molecular flexibility index (Phi) is 5.36. The number of nitrogens with zero attached hydrogens (tertiary/aromatic N) is 1. The molecule has 0 heterocycles. The van der Waals surface area contributed by atoms with E-state index in [1.54, 1.807) is 18.2 Å². The highest BCUT2D eigenvalue weighted by molar-refractivity contribution is 7.99. The third-order valence-corrected chi connectivity index (χ3v) is 4.33. The molecule has 21 heavy (non-hydrogen) atoms. The molecule has 0 aliphatic carbocycles. The van der Waals surface area contributed by atoms with Crippen LogP contribution in [-0.2, 0) is 0 Å². The van der Waals surface area contributed by atoms with Crippen LogP contribution < -0.4 is 5.32 Å². The number of nitro benzene ring substituents is 1. The molecule has 0 aliphatic rings. The predicted molar refractivity (Wildman–Crippen MR) is 85.8 cm³/mol. The lowest BCUT2D eigenvalue weighted by Gasteiger charge is -2.16. The van der Waals surface area contributed by atoms with Crippen LogP contribution in [0, 0.1) is 10.1 Å². The summed E-state index contributed by atoms with van der Waals surface area (Å²) in [5, 5.41) is 14.5. The van der Waals surface area contributed by atoms with Gasteiger partial charge < -0.3 is 5.32 Å². The summed E-state index contributed by atoms with van der Waals surface area (Å²) in [7, 11) is 0. The van der Waals surface area contributed by atoms with Crippen LogP contribution in [0.4, 0.5) is 5.69 Å². The quantitative estimate of drug-likeness (QED) is 0.634. The van der Waals surface area contributed by atoms with Crippen molar-refractivity contribution in [2.45, 2.75) is 29.7 Å². The van der Waals surface area contributed by atoms with Crippen molar-refractivity contribution in [2.75, 3.05) is 6.54 Å². The zero-order chi connectivity index (χ0) is 15.2. The smallest absolute Gasteiger partial charge is 0.283 e. The van der Waals surface area contributed by atoms with Gasteiger partial charge >= 0.3 is 0 Å². The molecule has 0 radical (unpaired) electrons. The monoisotopic (exact) mass is 302 g/mol. The molecule has 4 nitrogen and oxygen atoms in total. The molecule has 0 fully saturated rings. The SMILES string of the molecule is CCNC(C)c1ccccc1Sc1ccccc1[N+](=O)[O-]. The molecule has 2 rings (SSSR count). The van der Waals surface area contributed by atoms with Gasteiger partial charge in [0.1, 0.15) is 0 Å². The van der Waals surface area contributed by atoms with Crippen molar-refractivity contribution in [1.29, 1.82) is 0 Å². The minimum Gasteiger partial charge on any atom is -0.310 e. The van der Waals surface area contributed by atoms with E-state index in [0.29, 0.717) is 4.90 Å². The molecule has 2 aromatic carbocycles. The van der Waals surface area contributed by atoms with Gasteiger partial charge in [-0.3, -0.25) is 10.1 Å². The lowest BCUT2D eigenvalue weighted by atomic mass is 10.1. The molecule has 0 aromatic heterocycles. The number of benzene rings is 2.